The van der Waals surface area contributed by atoms with Crippen molar-refractivity contribution in [2.45, 2.75) is 57.6 Å². The van der Waals surface area contributed by atoms with Crippen molar-refractivity contribution < 1.29 is 13.0 Å². The van der Waals surface area contributed by atoms with Crippen molar-refractivity contribution in [3.8, 4) is 0 Å². The average molecular weight is 208 g/mol. The zero-order valence-corrected chi connectivity index (χ0v) is 9.31. The predicted molar refractivity (Wildman–Crippen MR) is 54.4 cm³/mol. The van der Waals surface area contributed by atoms with Gasteiger partial charge in [0.05, 0.1) is 5.25 Å². The zero-order valence-electron chi connectivity index (χ0n) is 8.49. The summed E-state index contributed by atoms with van der Waals surface area (Å²) < 4.78 is 30.6. The summed E-state index contributed by atoms with van der Waals surface area (Å²) >= 11 is 0. The van der Waals surface area contributed by atoms with Crippen LogP contribution in [-0.2, 0) is 10.1 Å². The van der Waals surface area contributed by atoms with Gasteiger partial charge >= 0.3 is 0 Å². The van der Waals surface area contributed by atoms with Crippen LogP contribution in [-0.4, -0.2) is 18.2 Å². The maximum Gasteiger partial charge on any atom is 0.267 e. The quantitative estimate of drug-likeness (QED) is 0.517. The van der Waals surface area contributed by atoms with Crippen LogP contribution in [0.25, 0.3) is 0 Å². The molecule has 1 N–H and O–H groups in total. The van der Waals surface area contributed by atoms with Gasteiger partial charge < -0.3 is 0 Å². The normalized spacial score (nSPS) is 14.4. The summed E-state index contributed by atoms with van der Waals surface area (Å²) in [6, 6.07) is 0. The third kappa shape index (κ3) is 6.05. The van der Waals surface area contributed by atoms with E-state index in [1.807, 2.05) is 6.92 Å². The number of hydrogen-bond donors (Lipinski definition) is 1. The smallest absolute Gasteiger partial charge is 0.267 e. The Morgan fingerprint density at radius 1 is 1.08 bits per heavy atom. The summed E-state index contributed by atoms with van der Waals surface area (Å²) in [7, 11) is -3.81. The molecule has 0 aromatic heterocycles. The van der Waals surface area contributed by atoms with Crippen molar-refractivity contribution in [1.82, 2.24) is 0 Å². The van der Waals surface area contributed by atoms with E-state index in [2.05, 4.69) is 6.92 Å². The summed E-state index contributed by atoms with van der Waals surface area (Å²) in [6.45, 7) is 4.00. The lowest BCUT2D eigenvalue weighted by molar-refractivity contribution is 0.450. The fraction of sp³-hybridized carbons (Fsp3) is 1.00. The van der Waals surface area contributed by atoms with Crippen molar-refractivity contribution >= 4 is 10.1 Å². The van der Waals surface area contributed by atoms with E-state index >= 15 is 0 Å². The van der Waals surface area contributed by atoms with Crippen LogP contribution in [0, 0.1) is 0 Å². The van der Waals surface area contributed by atoms with Gasteiger partial charge in [0, 0.05) is 0 Å². The minimum absolute atomic E-state index is 0.538. The van der Waals surface area contributed by atoms with E-state index in [0.717, 1.165) is 25.7 Å². The van der Waals surface area contributed by atoms with Crippen LogP contribution in [0.3, 0.4) is 0 Å². The Bertz CT molecular complexity index is 209. The van der Waals surface area contributed by atoms with Gasteiger partial charge in [0.2, 0.25) is 0 Å². The second kappa shape index (κ2) is 6.38. The van der Waals surface area contributed by atoms with Crippen LogP contribution in [0.1, 0.15) is 52.4 Å². The Kier molecular flexibility index (Phi) is 6.33. The van der Waals surface area contributed by atoms with Crippen LogP contribution in [0.15, 0.2) is 0 Å². The highest BCUT2D eigenvalue weighted by Gasteiger charge is 2.20. The van der Waals surface area contributed by atoms with E-state index < -0.39 is 15.4 Å². The molecule has 3 nitrogen and oxygen atoms in total. The molecule has 0 saturated heterocycles. The van der Waals surface area contributed by atoms with Gasteiger partial charge in [0.15, 0.2) is 0 Å². The first-order valence-corrected chi connectivity index (χ1v) is 6.49. The van der Waals surface area contributed by atoms with E-state index in [1.165, 1.54) is 0 Å². The van der Waals surface area contributed by atoms with Crippen molar-refractivity contribution in [3.63, 3.8) is 0 Å². The molecule has 0 aliphatic heterocycles. The van der Waals surface area contributed by atoms with Crippen LogP contribution in [0.5, 0.6) is 0 Å². The average Bonchev–Trinajstić information content (AvgIpc) is 2.01. The first-order chi connectivity index (χ1) is 6.02. The van der Waals surface area contributed by atoms with E-state index in [9.17, 15) is 8.42 Å². The Morgan fingerprint density at radius 3 is 2.08 bits per heavy atom. The Labute approximate surface area is 81.3 Å². The van der Waals surface area contributed by atoms with Gasteiger partial charge in [0.1, 0.15) is 0 Å². The van der Waals surface area contributed by atoms with Gasteiger partial charge in [-0.2, -0.15) is 8.42 Å². The highest BCUT2D eigenvalue weighted by molar-refractivity contribution is 7.86. The standard InChI is InChI=1S/C9H20O3S/c1-3-5-6-8-9(7-4-2)13(10,11)12/h9H,3-8H2,1-2H3,(H,10,11,12). The first-order valence-electron chi connectivity index (χ1n) is 4.98. The van der Waals surface area contributed by atoms with Crippen molar-refractivity contribution in [2.75, 3.05) is 0 Å². The van der Waals surface area contributed by atoms with Gasteiger partial charge in [-0.15, -0.1) is 0 Å². The van der Waals surface area contributed by atoms with Crippen LogP contribution in [0.4, 0.5) is 0 Å². The molecule has 0 radical (unpaired) electrons. The molecule has 0 amide bonds. The third-order valence-electron chi connectivity index (χ3n) is 2.16. The molecule has 13 heavy (non-hydrogen) atoms. The third-order valence-corrected chi connectivity index (χ3v) is 3.48. The summed E-state index contributed by atoms with van der Waals surface area (Å²) in [5.74, 6) is 0. The second-order valence-electron chi connectivity index (χ2n) is 3.42. The van der Waals surface area contributed by atoms with Gasteiger partial charge in [-0.1, -0.05) is 39.5 Å². The fourth-order valence-electron chi connectivity index (χ4n) is 1.39. The topological polar surface area (TPSA) is 54.4 Å². The second-order valence-corrected chi connectivity index (χ2v) is 5.12. The molecule has 0 saturated carbocycles. The SMILES string of the molecule is CCCCCC(CCC)S(=O)(=O)O. The molecule has 0 rings (SSSR count). The molecule has 0 aliphatic carbocycles. The molecule has 80 valence electrons. The van der Waals surface area contributed by atoms with E-state index in [-0.39, 0.29) is 0 Å². The summed E-state index contributed by atoms with van der Waals surface area (Å²) in [4.78, 5) is 0. The van der Waals surface area contributed by atoms with Crippen LogP contribution >= 0.6 is 0 Å². The lowest BCUT2D eigenvalue weighted by Gasteiger charge is -2.11. The van der Waals surface area contributed by atoms with Gasteiger partial charge in [-0.3, -0.25) is 4.55 Å². The Balaban J connectivity index is 3.96. The molecule has 0 heterocycles. The first kappa shape index (κ1) is 12.9. The molecule has 0 aliphatic rings. The summed E-state index contributed by atoms with van der Waals surface area (Å²) in [6.07, 6.45) is 4.97. The highest BCUT2D eigenvalue weighted by atomic mass is 32.2. The van der Waals surface area contributed by atoms with E-state index in [4.69, 9.17) is 4.55 Å². The highest BCUT2D eigenvalue weighted by Crippen LogP contribution is 2.15. The Morgan fingerprint density at radius 2 is 1.69 bits per heavy atom. The fourth-order valence-corrected chi connectivity index (χ4v) is 2.38. The molecule has 1 unspecified atom stereocenters. The van der Waals surface area contributed by atoms with Crippen LogP contribution < -0.4 is 0 Å². The molecule has 0 spiro atoms. The van der Waals surface area contributed by atoms with Crippen LogP contribution in [0.2, 0.25) is 0 Å². The largest absolute Gasteiger partial charge is 0.285 e. The minimum Gasteiger partial charge on any atom is -0.285 e. The molecule has 4 heteroatoms. The zero-order chi connectivity index (χ0) is 10.3. The van der Waals surface area contributed by atoms with Crippen molar-refractivity contribution in [1.29, 1.82) is 0 Å². The lowest BCUT2D eigenvalue weighted by atomic mass is 10.1. The molecule has 0 aromatic rings. The number of rotatable bonds is 7. The van der Waals surface area contributed by atoms with E-state index in [0.29, 0.717) is 12.8 Å². The van der Waals surface area contributed by atoms with Crippen molar-refractivity contribution in [2.24, 2.45) is 0 Å². The molecule has 0 fully saturated rings. The monoisotopic (exact) mass is 208 g/mol. The molecule has 1 atom stereocenters. The summed E-state index contributed by atoms with van der Waals surface area (Å²) in [5.41, 5.74) is 0. The maximum absolute atomic E-state index is 10.9. The summed E-state index contributed by atoms with van der Waals surface area (Å²) in [5, 5.41) is -0.538. The van der Waals surface area contributed by atoms with Gasteiger partial charge in [0.25, 0.3) is 10.1 Å². The number of hydrogen-bond acceptors (Lipinski definition) is 2. The minimum atomic E-state index is -3.81. The predicted octanol–water partition coefficient (Wildman–Crippen LogP) is 2.62. The van der Waals surface area contributed by atoms with Gasteiger partial charge in [-0.05, 0) is 12.8 Å². The number of unbranched alkanes of at least 4 members (excludes halogenated alkanes) is 2. The van der Waals surface area contributed by atoms with E-state index in [1.54, 1.807) is 0 Å². The molecule has 0 bridgehead atoms. The van der Waals surface area contributed by atoms with Crippen molar-refractivity contribution in [3.05, 3.63) is 0 Å². The lowest BCUT2D eigenvalue weighted by Crippen LogP contribution is -2.20. The van der Waals surface area contributed by atoms with Gasteiger partial charge in [-0.25, -0.2) is 0 Å². The Hall–Kier alpha value is -0.0900. The molecular weight excluding hydrogens is 188 g/mol. The molecular formula is C9H20O3S. The molecule has 0 aromatic carbocycles. The maximum atomic E-state index is 10.9.